The van der Waals surface area contributed by atoms with Gasteiger partial charge in [0.25, 0.3) is 0 Å². The third kappa shape index (κ3) is 4.94. The fourth-order valence-electron chi connectivity index (χ4n) is 8.30. The molecule has 0 aliphatic carbocycles. The summed E-state index contributed by atoms with van der Waals surface area (Å²) in [6.45, 7) is 0. The smallest absolute Gasteiger partial charge is 0.161 e. The van der Waals surface area contributed by atoms with E-state index in [0.29, 0.717) is 5.82 Å². The lowest BCUT2D eigenvalue weighted by atomic mass is 9.91. The highest BCUT2D eigenvalue weighted by atomic mass is 14.9. The van der Waals surface area contributed by atoms with Crippen LogP contribution in [0.1, 0.15) is 0 Å². The minimum absolute atomic E-state index is 0.705. The summed E-state index contributed by atoms with van der Waals surface area (Å²) < 4.78 is 0. The van der Waals surface area contributed by atoms with Crippen molar-refractivity contribution in [3.63, 3.8) is 0 Å². The predicted octanol–water partition coefficient (Wildman–Crippen LogP) is 13.4. The van der Waals surface area contributed by atoms with Crippen LogP contribution in [0.15, 0.2) is 188 Å². The van der Waals surface area contributed by atoms with Gasteiger partial charge in [0.2, 0.25) is 0 Å². The van der Waals surface area contributed by atoms with Crippen molar-refractivity contribution in [3.8, 4) is 56.2 Å². The van der Waals surface area contributed by atoms with E-state index in [-0.39, 0.29) is 0 Å². The van der Waals surface area contributed by atoms with E-state index in [0.717, 1.165) is 44.6 Å². The number of hydrogen-bond donors (Lipinski definition) is 0. The first-order valence-corrected chi connectivity index (χ1v) is 18.3. The van der Waals surface area contributed by atoms with Crippen molar-refractivity contribution in [2.24, 2.45) is 0 Å². The molecule has 0 aliphatic heterocycles. The van der Waals surface area contributed by atoms with Gasteiger partial charge in [0.15, 0.2) is 5.82 Å². The number of pyridine rings is 1. The average Bonchev–Trinajstić information content (AvgIpc) is 3.25. The molecule has 0 fully saturated rings. The topological polar surface area (TPSA) is 38.7 Å². The molecule has 0 saturated carbocycles. The number of nitrogens with zero attached hydrogens (tertiary/aromatic N) is 3. The monoisotopic (exact) mass is 685 g/mol. The van der Waals surface area contributed by atoms with Crippen LogP contribution >= 0.6 is 0 Å². The van der Waals surface area contributed by atoms with Crippen molar-refractivity contribution in [1.82, 2.24) is 15.0 Å². The summed E-state index contributed by atoms with van der Waals surface area (Å²) in [5.74, 6) is 0.705. The Hall–Kier alpha value is -7.23. The normalized spacial score (nSPS) is 11.7. The average molecular weight is 686 g/mol. The quantitative estimate of drug-likeness (QED) is 0.169. The van der Waals surface area contributed by atoms with Gasteiger partial charge in [-0.05, 0) is 101 Å². The second-order valence-electron chi connectivity index (χ2n) is 14.0. The summed E-state index contributed by atoms with van der Waals surface area (Å²) in [5, 5.41) is 12.4. The molecule has 2 aromatic heterocycles. The van der Waals surface area contributed by atoms with Crippen molar-refractivity contribution in [1.29, 1.82) is 0 Å². The second kappa shape index (κ2) is 12.2. The highest BCUT2D eigenvalue weighted by molar-refractivity contribution is 6.25. The Morgan fingerprint density at radius 2 is 0.944 bits per heavy atom. The van der Waals surface area contributed by atoms with E-state index < -0.39 is 0 Å². The van der Waals surface area contributed by atoms with E-state index in [4.69, 9.17) is 9.97 Å². The molecule has 0 radical (unpaired) electrons. The first-order valence-electron chi connectivity index (χ1n) is 18.3. The van der Waals surface area contributed by atoms with Gasteiger partial charge in [-0.3, -0.25) is 4.98 Å². The van der Waals surface area contributed by atoms with Crippen LogP contribution in [0.4, 0.5) is 0 Å². The maximum Gasteiger partial charge on any atom is 0.161 e. The summed E-state index contributed by atoms with van der Waals surface area (Å²) in [6.07, 6.45) is 3.71. The molecule has 0 aliphatic rings. The summed E-state index contributed by atoms with van der Waals surface area (Å²) >= 11 is 0. The SMILES string of the molecule is c1cncc(-c2cccc(-c3cc(-c4ccc(-c5cc6ccccc6c6ccccc56)cc4)nc(-c4ccc5ccc6cccc7ccc4c5c67)n3)c2)c1. The predicted molar refractivity (Wildman–Crippen MR) is 226 cm³/mol. The van der Waals surface area contributed by atoms with Gasteiger partial charge in [0.05, 0.1) is 11.4 Å². The fourth-order valence-corrected chi connectivity index (χ4v) is 8.30. The third-order valence-electron chi connectivity index (χ3n) is 10.9. The van der Waals surface area contributed by atoms with Gasteiger partial charge < -0.3 is 0 Å². The Morgan fingerprint density at radius 1 is 0.315 bits per heavy atom. The Morgan fingerprint density at radius 3 is 1.76 bits per heavy atom. The lowest BCUT2D eigenvalue weighted by molar-refractivity contribution is 1.19. The molecule has 0 spiro atoms. The first-order chi connectivity index (χ1) is 26.7. The van der Waals surface area contributed by atoms with E-state index in [9.17, 15) is 0 Å². The zero-order valence-corrected chi connectivity index (χ0v) is 29.2. The highest BCUT2D eigenvalue weighted by Gasteiger charge is 2.17. The Kier molecular flexibility index (Phi) is 6.86. The summed E-state index contributed by atoms with van der Waals surface area (Å²) in [7, 11) is 0. The van der Waals surface area contributed by atoms with Crippen molar-refractivity contribution < 1.29 is 0 Å². The van der Waals surface area contributed by atoms with Gasteiger partial charge in [-0.2, -0.15) is 0 Å². The van der Waals surface area contributed by atoms with Gasteiger partial charge in [0, 0.05) is 34.6 Å². The Labute approximate surface area is 312 Å². The standard InChI is InChI=1S/C51H31N3/c1-2-14-41-38(8-1)29-46(43-16-4-3-15-42(41)43)32-17-19-33(20-18-32)47-30-48(39-12-6-11-37(28-39)40-13-7-27-52-31-40)54-51(53-47)45-26-24-36-22-21-34-9-5-10-35-23-25-44(45)50(36)49(34)35/h1-31H. The van der Waals surface area contributed by atoms with Gasteiger partial charge in [-0.25, -0.2) is 9.97 Å². The van der Waals surface area contributed by atoms with Crippen LogP contribution in [0.3, 0.4) is 0 Å². The molecule has 0 unspecified atom stereocenters. The highest BCUT2D eigenvalue weighted by Crippen LogP contribution is 2.40. The number of benzene rings is 9. The lowest BCUT2D eigenvalue weighted by Gasteiger charge is -2.15. The zero-order valence-electron chi connectivity index (χ0n) is 29.2. The molecule has 0 saturated heterocycles. The number of fused-ring (bicyclic) bond motifs is 3. The van der Waals surface area contributed by atoms with Gasteiger partial charge in [-0.15, -0.1) is 0 Å². The van der Waals surface area contributed by atoms with Crippen LogP contribution in [0, 0.1) is 0 Å². The molecule has 3 heteroatoms. The summed E-state index contributed by atoms with van der Waals surface area (Å²) in [5.41, 5.74) is 9.39. The molecule has 250 valence electrons. The molecule has 3 nitrogen and oxygen atoms in total. The van der Waals surface area contributed by atoms with E-state index in [1.807, 2.05) is 12.3 Å². The minimum Gasteiger partial charge on any atom is -0.264 e. The van der Waals surface area contributed by atoms with Crippen LogP contribution in [-0.2, 0) is 0 Å². The van der Waals surface area contributed by atoms with Crippen LogP contribution in [-0.4, -0.2) is 15.0 Å². The maximum absolute atomic E-state index is 5.33. The van der Waals surface area contributed by atoms with Crippen LogP contribution < -0.4 is 0 Å². The molecule has 9 aromatic carbocycles. The molecule has 11 aromatic rings. The van der Waals surface area contributed by atoms with Crippen LogP contribution in [0.25, 0.3) is 110 Å². The number of aromatic nitrogens is 3. The molecule has 0 amide bonds. The van der Waals surface area contributed by atoms with Crippen molar-refractivity contribution in [3.05, 3.63) is 188 Å². The van der Waals surface area contributed by atoms with Crippen molar-refractivity contribution in [2.75, 3.05) is 0 Å². The number of rotatable bonds is 5. The summed E-state index contributed by atoms with van der Waals surface area (Å²) in [6, 6.07) is 63.1. The van der Waals surface area contributed by atoms with E-state index in [1.165, 1.54) is 59.6 Å². The zero-order chi connectivity index (χ0) is 35.6. The van der Waals surface area contributed by atoms with Crippen molar-refractivity contribution >= 4 is 53.9 Å². The molecular formula is C51H31N3. The molecule has 0 atom stereocenters. The van der Waals surface area contributed by atoms with Crippen LogP contribution in [0.5, 0.6) is 0 Å². The van der Waals surface area contributed by atoms with Gasteiger partial charge >= 0.3 is 0 Å². The fraction of sp³-hybridized carbons (Fsp3) is 0. The number of hydrogen-bond acceptors (Lipinski definition) is 3. The summed E-state index contributed by atoms with van der Waals surface area (Å²) in [4.78, 5) is 15.0. The molecule has 54 heavy (non-hydrogen) atoms. The van der Waals surface area contributed by atoms with E-state index in [1.54, 1.807) is 6.20 Å². The largest absolute Gasteiger partial charge is 0.264 e. The molecule has 11 rings (SSSR count). The molecular weight excluding hydrogens is 655 g/mol. The lowest BCUT2D eigenvalue weighted by Crippen LogP contribution is -1.97. The minimum atomic E-state index is 0.705. The van der Waals surface area contributed by atoms with Crippen LogP contribution in [0.2, 0.25) is 0 Å². The van der Waals surface area contributed by atoms with Gasteiger partial charge in [-0.1, -0.05) is 146 Å². The Bertz CT molecular complexity index is 3190. The third-order valence-corrected chi connectivity index (χ3v) is 10.9. The van der Waals surface area contributed by atoms with Gasteiger partial charge in [0.1, 0.15) is 0 Å². The maximum atomic E-state index is 5.33. The first kappa shape index (κ1) is 30.4. The van der Waals surface area contributed by atoms with Crippen molar-refractivity contribution in [2.45, 2.75) is 0 Å². The molecule has 0 bridgehead atoms. The van der Waals surface area contributed by atoms with E-state index >= 15 is 0 Å². The van der Waals surface area contributed by atoms with E-state index in [2.05, 4.69) is 175 Å². The molecule has 0 N–H and O–H groups in total. The Balaban J connectivity index is 1.10. The molecule has 2 heterocycles. The second-order valence-corrected chi connectivity index (χ2v) is 14.0.